The fraction of sp³-hybridized carbons (Fsp3) is 0.138. The summed E-state index contributed by atoms with van der Waals surface area (Å²) in [6.07, 6.45) is 0. The van der Waals surface area contributed by atoms with Crippen molar-refractivity contribution in [3.63, 3.8) is 0 Å². The lowest BCUT2D eigenvalue weighted by molar-refractivity contribution is -0.122. The Morgan fingerprint density at radius 2 is 1.57 bits per heavy atom. The molecule has 1 aliphatic heterocycles. The van der Waals surface area contributed by atoms with E-state index >= 15 is 0 Å². The average Bonchev–Trinajstić information content (AvgIpc) is 3.56. The summed E-state index contributed by atoms with van der Waals surface area (Å²) in [4.78, 5) is 43.4. The lowest BCUT2D eigenvalue weighted by atomic mass is 9.78. The first kappa shape index (κ1) is 24.7. The van der Waals surface area contributed by atoms with E-state index in [2.05, 4.69) is 5.32 Å². The van der Waals surface area contributed by atoms with Crippen LogP contribution in [0.3, 0.4) is 0 Å². The number of carbonyl (C=O) groups excluding carboxylic acids is 3. The van der Waals surface area contributed by atoms with Gasteiger partial charge < -0.3 is 16.0 Å². The third-order valence-corrected chi connectivity index (χ3v) is 7.85. The van der Waals surface area contributed by atoms with E-state index in [9.17, 15) is 14.4 Å². The minimum Gasteiger partial charge on any atom is -0.368 e. The smallest absolute Gasteiger partial charge is 0.323 e. The summed E-state index contributed by atoms with van der Waals surface area (Å²) < 4.78 is 0. The molecule has 0 radical (unpaired) electrons. The number of urea groups is 1. The highest BCUT2D eigenvalue weighted by atomic mass is 35.5. The van der Waals surface area contributed by atoms with Crippen molar-refractivity contribution in [1.29, 1.82) is 0 Å². The van der Waals surface area contributed by atoms with Crippen LogP contribution in [0, 0.1) is 5.92 Å². The van der Waals surface area contributed by atoms with E-state index in [0.717, 1.165) is 10.4 Å². The van der Waals surface area contributed by atoms with Gasteiger partial charge in [-0.1, -0.05) is 78.3 Å². The second kappa shape index (κ2) is 10.6. The van der Waals surface area contributed by atoms with Gasteiger partial charge in [-0.25, -0.2) is 4.79 Å². The molecule has 0 bridgehead atoms. The van der Waals surface area contributed by atoms with Crippen LogP contribution in [0.1, 0.15) is 32.8 Å². The van der Waals surface area contributed by atoms with Crippen LogP contribution in [0.5, 0.6) is 0 Å². The van der Waals surface area contributed by atoms with Gasteiger partial charge >= 0.3 is 6.03 Å². The molecular formula is C29H24ClN3O3S. The molecule has 0 spiro atoms. The maximum Gasteiger partial charge on any atom is 0.323 e. The first-order valence-electron chi connectivity index (χ1n) is 11.8. The molecule has 3 amide bonds. The molecule has 0 aliphatic carbocycles. The van der Waals surface area contributed by atoms with Crippen molar-refractivity contribution >= 4 is 46.3 Å². The fourth-order valence-electron chi connectivity index (χ4n) is 5.16. The molecular weight excluding hydrogens is 506 g/mol. The maximum absolute atomic E-state index is 14.2. The number of Topliss-reactive ketones (excluding diaryl/α,β-unsaturated/α-hetero) is 1. The second-order valence-electron chi connectivity index (χ2n) is 8.85. The van der Waals surface area contributed by atoms with Gasteiger partial charge in [0.15, 0.2) is 5.78 Å². The van der Waals surface area contributed by atoms with Gasteiger partial charge in [-0.2, -0.15) is 0 Å². The zero-order valence-corrected chi connectivity index (χ0v) is 21.2. The highest BCUT2D eigenvalue weighted by Crippen LogP contribution is 2.52. The number of anilines is 1. The van der Waals surface area contributed by atoms with Gasteiger partial charge in [-0.15, -0.1) is 11.3 Å². The van der Waals surface area contributed by atoms with Crippen LogP contribution in [0.25, 0.3) is 0 Å². The van der Waals surface area contributed by atoms with Gasteiger partial charge in [-0.3, -0.25) is 9.59 Å². The number of thiophene rings is 1. The highest BCUT2D eigenvalue weighted by molar-refractivity contribution is 7.10. The van der Waals surface area contributed by atoms with Crippen LogP contribution in [0.4, 0.5) is 10.5 Å². The minimum atomic E-state index is -1.05. The predicted octanol–water partition coefficient (Wildman–Crippen LogP) is 6.13. The normalized spacial score (nSPS) is 20.9. The summed E-state index contributed by atoms with van der Waals surface area (Å²) in [5, 5.41) is 5.21. The molecule has 37 heavy (non-hydrogen) atoms. The monoisotopic (exact) mass is 529 g/mol. The summed E-state index contributed by atoms with van der Waals surface area (Å²) in [6, 6.07) is 26.4. The van der Waals surface area contributed by atoms with Crippen LogP contribution >= 0.6 is 22.9 Å². The van der Waals surface area contributed by atoms with E-state index in [0.29, 0.717) is 16.3 Å². The molecule has 1 aromatic heterocycles. The number of nitrogens with two attached hydrogens (primary N) is 1. The summed E-state index contributed by atoms with van der Waals surface area (Å²) in [7, 11) is 0. The molecule has 4 aromatic rings. The van der Waals surface area contributed by atoms with Crippen molar-refractivity contribution in [2.45, 2.75) is 18.0 Å². The molecule has 1 fully saturated rings. The molecule has 1 aliphatic rings. The third-order valence-electron chi connectivity index (χ3n) is 6.64. The lowest BCUT2D eigenvalue weighted by Crippen LogP contribution is -2.48. The Morgan fingerprint density at radius 1 is 0.865 bits per heavy atom. The first-order valence-corrected chi connectivity index (χ1v) is 13.0. The zero-order chi connectivity index (χ0) is 25.9. The molecule has 0 saturated carbocycles. The van der Waals surface area contributed by atoms with Crippen molar-refractivity contribution in [2.75, 3.05) is 5.32 Å². The van der Waals surface area contributed by atoms with Crippen LogP contribution in [-0.4, -0.2) is 28.7 Å². The quantitative estimate of drug-likeness (QED) is 0.294. The molecule has 1 saturated heterocycles. The van der Waals surface area contributed by atoms with Crippen molar-refractivity contribution in [3.05, 3.63) is 123 Å². The van der Waals surface area contributed by atoms with Gasteiger partial charge in [0.2, 0.25) is 5.91 Å². The molecule has 5 rings (SSSR count). The van der Waals surface area contributed by atoms with Crippen LogP contribution in [0.15, 0.2) is 102 Å². The number of nitrogens with one attached hydrogen (secondary N) is 1. The molecule has 8 heteroatoms. The summed E-state index contributed by atoms with van der Waals surface area (Å²) in [6.45, 7) is 0. The standard InChI is InChI=1S/C29H24ClN3O3S/c30-20-12-7-11-19(17-20)27(34)24-23(22-15-8-16-37-22)26(28(31)35)33(25(24)18-9-3-1-4-10-18)29(36)32-21-13-5-2-6-14-21/h1-17,23-26H,(H2,31,35)(H,32,36). The minimum absolute atomic E-state index is 0.212. The SMILES string of the molecule is NC(=O)C1C(c2cccs2)C(C(=O)c2cccc(Cl)c2)C(c2ccccc2)N1C(=O)Nc1ccccc1. The van der Waals surface area contributed by atoms with E-state index in [1.165, 1.54) is 16.2 Å². The molecule has 186 valence electrons. The van der Waals surface area contributed by atoms with E-state index < -0.39 is 35.9 Å². The Hall–Kier alpha value is -3.94. The van der Waals surface area contributed by atoms with Crippen molar-refractivity contribution in [2.24, 2.45) is 11.7 Å². The maximum atomic E-state index is 14.2. The number of likely N-dealkylation sites (tertiary alicyclic amines) is 1. The summed E-state index contributed by atoms with van der Waals surface area (Å²) >= 11 is 7.67. The number of rotatable bonds is 6. The number of nitrogens with zero attached hydrogens (tertiary/aromatic N) is 1. The summed E-state index contributed by atoms with van der Waals surface area (Å²) in [5.41, 5.74) is 7.71. The Labute approximate surface area is 223 Å². The summed E-state index contributed by atoms with van der Waals surface area (Å²) in [5.74, 6) is -2.31. The average molecular weight is 530 g/mol. The number of hydrogen-bond acceptors (Lipinski definition) is 4. The second-order valence-corrected chi connectivity index (χ2v) is 10.3. The van der Waals surface area contributed by atoms with Gasteiger partial charge in [0.25, 0.3) is 0 Å². The van der Waals surface area contributed by atoms with Gasteiger partial charge in [0.1, 0.15) is 6.04 Å². The van der Waals surface area contributed by atoms with Gasteiger partial charge in [0.05, 0.1) is 12.0 Å². The Balaban J connectivity index is 1.70. The molecule has 6 nitrogen and oxygen atoms in total. The molecule has 2 heterocycles. The van der Waals surface area contributed by atoms with Crippen LogP contribution < -0.4 is 11.1 Å². The van der Waals surface area contributed by atoms with E-state index in [1.54, 1.807) is 48.5 Å². The van der Waals surface area contributed by atoms with Crippen LogP contribution in [-0.2, 0) is 4.79 Å². The zero-order valence-electron chi connectivity index (χ0n) is 19.7. The number of primary amides is 1. The largest absolute Gasteiger partial charge is 0.368 e. The number of amides is 3. The molecule has 3 aromatic carbocycles. The van der Waals surface area contributed by atoms with Crippen molar-refractivity contribution in [3.8, 4) is 0 Å². The Bertz CT molecular complexity index is 1410. The predicted molar refractivity (Wildman–Crippen MR) is 146 cm³/mol. The first-order chi connectivity index (χ1) is 18.0. The van der Waals surface area contributed by atoms with Gasteiger partial charge in [-0.05, 0) is 41.3 Å². The fourth-order valence-corrected chi connectivity index (χ4v) is 6.25. The number of carbonyl (C=O) groups is 3. The number of para-hydroxylation sites is 1. The number of halogens is 1. The lowest BCUT2D eigenvalue weighted by Gasteiger charge is -2.31. The Kier molecular flexibility index (Phi) is 7.08. The highest BCUT2D eigenvalue weighted by Gasteiger charge is 2.57. The van der Waals surface area contributed by atoms with E-state index in [-0.39, 0.29) is 5.78 Å². The van der Waals surface area contributed by atoms with Crippen molar-refractivity contribution < 1.29 is 14.4 Å². The number of hydrogen-bond donors (Lipinski definition) is 2. The molecule has 4 atom stereocenters. The topological polar surface area (TPSA) is 92.5 Å². The van der Waals surface area contributed by atoms with Crippen molar-refractivity contribution in [1.82, 2.24) is 4.90 Å². The number of benzene rings is 3. The Morgan fingerprint density at radius 3 is 2.19 bits per heavy atom. The number of ketones is 1. The van der Waals surface area contributed by atoms with Crippen LogP contribution in [0.2, 0.25) is 5.02 Å². The van der Waals surface area contributed by atoms with E-state index in [1.807, 2.05) is 53.9 Å². The third kappa shape index (κ3) is 4.88. The molecule has 3 N–H and O–H groups in total. The van der Waals surface area contributed by atoms with Gasteiger partial charge in [0, 0.05) is 27.1 Å². The molecule has 4 unspecified atom stereocenters. The van der Waals surface area contributed by atoms with E-state index in [4.69, 9.17) is 17.3 Å².